The Morgan fingerprint density at radius 2 is 1.44 bits per heavy atom. The molecule has 0 radical (unpaired) electrons. The van der Waals surface area contributed by atoms with Crippen molar-refractivity contribution in [3.63, 3.8) is 0 Å². The highest BCUT2D eigenvalue weighted by atomic mass is 19.1. The quantitative estimate of drug-likeness (QED) is 0.692. The Morgan fingerprint density at radius 3 is 2.00 bits per heavy atom. The second kappa shape index (κ2) is 3.74. The molecule has 0 spiro atoms. The molecule has 2 aromatic rings. The third kappa shape index (κ3) is 1.62. The van der Waals surface area contributed by atoms with Gasteiger partial charge in [0.15, 0.2) is 0 Å². The first-order valence-electron chi connectivity index (χ1n) is 5.11. The van der Waals surface area contributed by atoms with Gasteiger partial charge >= 0.3 is 0 Å². The Morgan fingerprint density at radius 1 is 0.875 bits per heavy atom. The molecule has 0 saturated carbocycles. The molecule has 0 unspecified atom stereocenters. The molecule has 0 aliphatic rings. The molecule has 0 fully saturated rings. The molecule has 0 atom stereocenters. The number of nitrogens with zero attached hydrogens (tertiary/aromatic N) is 1. The Hall–Kier alpha value is -1.64. The van der Waals surface area contributed by atoms with Crippen LogP contribution in [0.1, 0.15) is 17.0 Å². The number of aromatic nitrogens is 1. The summed E-state index contributed by atoms with van der Waals surface area (Å²) in [6, 6.07) is 6.23. The molecule has 0 bridgehead atoms. The zero-order valence-corrected chi connectivity index (χ0v) is 9.51. The second-order valence-corrected chi connectivity index (χ2v) is 4.00. The van der Waals surface area contributed by atoms with Gasteiger partial charge in [-0.25, -0.2) is 8.78 Å². The summed E-state index contributed by atoms with van der Waals surface area (Å²) in [5, 5.41) is 0. The van der Waals surface area contributed by atoms with Gasteiger partial charge in [0, 0.05) is 17.5 Å². The van der Waals surface area contributed by atoms with Crippen molar-refractivity contribution >= 4 is 0 Å². The zero-order valence-electron chi connectivity index (χ0n) is 9.51. The average molecular weight is 221 g/mol. The summed E-state index contributed by atoms with van der Waals surface area (Å²) in [6.07, 6.45) is 0. The van der Waals surface area contributed by atoms with Crippen molar-refractivity contribution in [2.45, 2.75) is 20.8 Å². The van der Waals surface area contributed by atoms with Crippen molar-refractivity contribution in [3.05, 3.63) is 52.9 Å². The van der Waals surface area contributed by atoms with Crippen molar-refractivity contribution in [2.75, 3.05) is 0 Å². The lowest BCUT2D eigenvalue weighted by atomic mass is 10.2. The first kappa shape index (κ1) is 10.9. The second-order valence-electron chi connectivity index (χ2n) is 4.00. The molecule has 0 aliphatic heterocycles. The van der Waals surface area contributed by atoms with Gasteiger partial charge in [0.25, 0.3) is 0 Å². The molecule has 0 aliphatic carbocycles. The molecule has 0 amide bonds. The SMILES string of the molecule is Cc1cc(F)c(-n2c(C)ccc2C)cc1F. The van der Waals surface area contributed by atoms with Crippen LogP contribution >= 0.6 is 0 Å². The van der Waals surface area contributed by atoms with Crippen LogP contribution in [0.15, 0.2) is 24.3 Å². The molecular formula is C13H13F2N. The number of rotatable bonds is 1. The van der Waals surface area contributed by atoms with Crippen molar-refractivity contribution in [1.29, 1.82) is 0 Å². The van der Waals surface area contributed by atoms with Crippen LogP contribution in [-0.4, -0.2) is 4.57 Å². The van der Waals surface area contributed by atoms with Crippen LogP contribution in [0.25, 0.3) is 5.69 Å². The zero-order chi connectivity index (χ0) is 11.9. The average Bonchev–Trinajstić information content (AvgIpc) is 2.53. The van der Waals surface area contributed by atoms with Crippen molar-refractivity contribution in [3.8, 4) is 5.69 Å². The Labute approximate surface area is 93.3 Å². The fraction of sp³-hybridized carbons (Fsp3) is 0.231. The highest BCUT2D eigenvalue weighted by Crippen LogP contribution is 2.22. The lowest BCUT2D eigenvalue weighted by Gasteiger charge is -2.11. The maximum Gasteiger partial charge on any atom is 0.147 e. The van der Waals surface area contributed by atoms with Crippen LogP contribution in [0.3, 0.4) is 0 Å². The number of hydrogen-bond acceptors (Lipinski definition) is 0. The Kier molecular flexibility index (Phi) is 2.54. The summed E-state index contributed by atoms with van der Waals surface area (Å²) in [5.74, 6) is -0.787. The van der Waals surface area contributed by atoms with Gasteiger partial charge < -0.3 is 4.57 Å². The molecular weight excluding hydrogens is 208 g/mol. The summed E-state index contributed by atoms with van der Waals surface area (Å²) in [7, 11) is 0. The van der Waals surface area contributed by atoms with E-state index in [-0.39, 0.29) is 11.5 Å². The highest BCUT2D eigenvalue weighted by Gasteiger charge is 2.11. The van der Waals surface area contributed by atoms with Crippen LogP contribution in [0.5, 0.6) is 0 Å². The highest BCUT2D eigenvalue weighted by molar-refractivity contribution is 5.41. The summed E-state index contributed by atoms with van der Waals surface area (Å²) >= 11 is 0. The molecule has 1 heterocycles. The predicted molar refractivity (Wildman–Crippen MR) is 59.9 cm³/mol. The first-order chi connectivity index (χ1) is 7.50. The van der Waals surface area contributed by atoms with E-state index in [0.717, 1.165) is 11.4 Å². The van der Waals surface area contributed by atoms with Gasteiger partial charge in [-0.05, 0) is 44.5 Å². The summed E-state index contributed by atoms with van der Waals surface area (Å²) in [6.45, 7) is 5.28. The predicted octanol–water partition coefficient (Wildman–Crippen LogP) is 3.68. The molecule has 0 N–H and O–H groups in total. The van der Waals surface area contributed by atoms with Crippen LogP contribution in [-0.2, 0) is 0 Å². The number of benzene rings is 1. The molecule has 2 rings (SSSR count). The van der Waals surface area contributed by atoms with Crippen molar-refractivity contribution < 1.29 is 8.78 Å². The van der Waals surface area contributed by atoms with E-state index in [1.807, 2.05) is 26.0 Å². The largest absolute Gasteiger partial charge is 0.316 e. The molecule has 1 aromatic carbocycles. The van der Waals surface area contributed by atoms with Crippen molar-refractivity contribution in [1.82, 2.24) is 4.57 Å². The lowest BCUT2D eigenvalue weighted by molar-refractivity contribution is 0.584. The minimum absolute atomic E-state index is 0.267. The van der Waals surface area contributed by atoms with Gasteiger partial charge in [0.05, 0.1) is 5.69 Å². The van der Waals surface area contributed by atoms with Gasteiger partial charge in [0.1, 0.15) is 11.6 Å². The van der Waals surface area contributed by atoms with E-state index in [2.05, 4.69) is 0 Å². The topological polar surface area (TPSA) is 4.93 Å². The number of hydrogen-bond donors (Lipinski definition) is 0. The normalized spacial score (nSPS) is 10.8. The molecule has 84 valence electrons. The fourth-order valence-electron chi connectivity index (χ4n) is 1.86. The van der Waals surface area contributed by atoms with E-state index in [9.17, 15) is 8.78 Å². The molecule has 16 heavy (non-hydrogen) atoms. The minimum Gasteiger partial charge on any atom is -0.316 e. The molecule has 0 saturated heterocycles. The van der Waals surface area contributed by atoms with E-state index in [1.165, 1.54) is 12.1 Å². The van der Waals surface area contributed by atoms with Gasteiger partial charge in [0.2, 0.25) is 0 Å². The first-order valence-corrected chi connectivity index (χ1v) is 5.11. The van der Waals surface area contributed by atoms with Crippen LogP contribution in [0.2, 0.25) is 0 Å². The number of aryl methyl sites for hydroxylation is 3. The molecule has 3 heteroatoms. The van der Waals surface area contributed by atoms with Gasteiger partial charge in [-0.1, -0.05) is 0 Å². The lowest BCUT2D eigenvalue weighted by Crippen LogP contribution is -2.03. The Bertz CT molecular complexity index is 522. The molecule has 1 aromatic heterocycles. The maximum atomic E-state index is 13.8. The summed E-state index contributed by atoms with van der Waals surface area (Å²) < 4.78 is 28.9. The van der Waals surface area contributed by atoms with Crippen LogP contribution < -0.4 is 0 Å². The smallest absolute Gasteiger partial charge is 0.147 e. The van der Waals surface area contributed by atoms with Gasteiger partial charge in [-0.3, -0.25) is 0 Å². The van der Waals surface area contributed by atoms with Crippen molar-refractivity contribution in [2.24, 2.45) is 0 Å². The summed E-state index contributed by atoms with van der Waals surface area (Å²) in [5.41, 5.74) is 2.37. The summed E-state index contributed by atoms with van der Waals surface area (Å²) in [4.78, 5) is 0. The fourth-order valence-corrected chi connectivity index (χ4v) is 1.86. The van der Waals surface area contributed by atoms with E-state index >= 15 is 0 Å². The van der Waals surface area contributed by atoms with Crippen LogP contribution in [0.4, 0.5) is 8.78 Å². The van der Waals surface area contributed by atoms with E-state index in [1.54, 1.807) is 11.5 Å². The van der Waals surface area contributed by atoms with Crippen LogP contribution in [0, 0.1) is 32.4 Å². The monoisotopic (exact) mass is 221 g/mol. The molecule has 1 nitrogen and oxygen atoms in total. The van der Waals surface area contributed by atoms with E-state index in [4.69, 9.17) is 0 Å². The Balaban J connectivity index is 2.69. The third-order valence-electron chi connectivity index (χ3n) is 2.74. The van der Waals surface area contributed by atoms with Gasteiger partial charge in [-0.2, -0.15) is 0 Å². The van der Waals surface area contributed by atoms with E-state index in [0.29, 0.717) is 5.56 Å². The third-order valence-corrected chi connectivity index (χ3v) is 2.74. The number of halogens is 2. The van der Waals surface area contributed by atoms with Gasteiger partial charge in [-0.15, -0.1) is 0 Å². The standard InChI is InChI=1S/C13H13F2N/c1-8-6-12(15)13(7-11(8)14)16-9(2)4-5-10(16)3/h4-7H,1-3H3. The minimum atomic E-state index is -0.402. The van der Waals surface area contributed by atoms with E-state index < -0.39 is 5.82 Å². The maximum absolute atomic E-state index is 13.8.